The number of thiophene rings is 1. The number of nitrogens with zero attached hydrogens (tertiary/aromatic N) is 1. The first-order valence-corrected chi connectivity index (χ1v) is 12.4. The quantitative estimate of drug-likeness (QED) is 0.579. The van der Waals surface area contributed by atoms with Gasteiger partial charge in [0.1, 0.15) is 0 Å². The van der Waals surface area contributed by atoms with Gasteiger partial charge in [-0.2, -0.15) is 0 Å². The summed E-state index contributed by atoms with van der Waals surface area (Å²) in [6, 6.07) is 11.5. The molecule has 1 fully saturated rings. The molecule has 3 rings (SSSR count). The monoisotopic (exact) mass is 437 g/mol. The molecule has 150 valence electrons. The van der Waals surface area contributed by atoms with Gasteiger partial charge in [-0.1, -0.05) is 37.1 Å². The summed E-state index contributed by atoms with van der Waals surface area (Å²) in [5, 5.41) is 0.701. The molecule has 0 aliphatic carbocycles. The Morgan fingerprint density at radius 1 is 1.25 bits per heavy atom. The molecule has 2 heterocycles. The summed E-state index contributed by atoms with van der Waals surface area (Å²) in [6.45, 7) is 2.66. The Morgan fingerprint density at radius 3 is 2.64 bits per heavy atom. The highest BCUT2D eigenvalue weighted by atomic mass is 35.5. The molecular formula is C21H24ClNO3S2. The third kappa shape index (κ3) is 5.46. The predicted octanol–water partition coefficient (Wildman–Crippen LogP) is 4.90. The summed E-state index contributed by atoms with van der Waals surface area (Å²) in [6.07, 6.45) is 5.75. The highest BCUT2D eigenvalue weighted by Crippen LogP contribution is 2.30. The molecular weight excluding hydrogens is 414 g/mol. The second kappa shape index (κ2) is 9.25. The summed E-state index contributed by atoms with van der Waals surface area (Å²) in [7, 11) is -3.02. The minimum Gasteiger partial charge on any atom is -0.335 e. The number of carbonyl (C=O) groups is 1. The van der Waals surface area contributed by atoms with E-state index in [4.69, 9.17) is 11.6 Å². The van der Waals surface area contributed by atoms with Crippen LogP contribution in [0.5, 0.6) is 0 Å². The fourth-order valence-electron chi connectivity index (χ4n) is 3.28. The summed E-state index contributed by atoms with van der Waals surface area (Å²) < 4.78 is 23.6. The van der Waals surface area contributed by atoms with Crippen LogP contribution in [0.4, 0.5) is 0 Å². The Hall–Kier alpha value is -1.63. The number of hydrogen-bond acceptors (Lipinski definition) is 4. The summed E-state index contributed by atoms with van der Waals surface area (Å²) >= 11 is 7.54. The van der Waals surface area contributed by atoms with E-state index < -0.39 is 9.84 Å². The van der Waals surface area contributed by atoms with Crippen LogP contribution in [0.15, 0.2) is 42.5 Å². The summed E-state index contributed by atoms with van der Waals surface area (Å²) in [4.78, 5) is 16.6. The van der Waals surface area contributed by atoms with Crippen LogP contribution in [-0.2, 0) is 14.6 Å². The lowest BCUT2D eigenvalue weighted by Crippen LogP contribution is -2.40. The zero-order valence-electron chi connectivity index (χ0n) is 15.8. The SMILES string of the molecule is CCCCN(C(=O)/C=C/c1ccc(-c2ccc(Cl)cc2)s1)C1CCS(=O)(=O)C1. The lowest BCUT2D eigenvalue weighted by Gasteiger charge is -2.27. The van der Waals surface area contributed by atoms with E-state index in [2.05, 4.69) is 6.92 Å². The van der Waals surface area contributed by atoms with E-state index in [-0.39, 0.29) is 23.5 Å². The number of sulfone groups is 1. The maximum absolute atomic E-state index is 12.8. The van der Waals surface area contributed by atoms with E-state index >= 15 is 0 Å². The van der Waals surface area contributed by atoms with Gasteiger partial charge in [-0.3, -0.25) is 4.79 Å². The maximum Gasteiger partial charge on any atom is 0.246 e. The van der Waals surface area contributed by atoms with Gasteiger partial charge < -0.3 is 4.90 Å². The van der Waals surface area contributed by atoms with Gasteiger partial charge in [-0.15, -0.1) is 11.3 Å². The molecule has 28 heavy (non-hydrogen) atoms. The van der Waals surface area contributed by atoms with Crippen molar-refractivity contribution in [3.8, 4) is 10.4 Å². The van der Waals surface area contributed by atoms with Crippen LogP contribution in [0.1, 0.15) is 31.1 Å². The Balaban J connectivity index is 1.70. The Kier molecular flexibility index (Phi) is 6.96. The van der Waals surface area contributed by atoms with Gasteiger partial charge in [-0.05, 0) is 48.7 Å². The largest absolute Gasteiger partial charge is 0.335 e. The first kappa shape index (κ1) is 21.1. The van der Waals surface area contributed by atoms with Crippen molar-refractivity contribution in [3.05, 3.63) is 52.4 Å². The standard InChI is InChI=1S/C21H24ClNO3S2/c1-2-3-13-23(18-12-14-28(25,26)15-18)21(24)11-9-19-8-10-20(27-19)16-4-6-17(22)7-5-16/h4-11,18H,2-3,12-15H2,1H3/b11-9+. The molecule has 1 aromatic carbocycles. The molecule has 0 radical (unpaired) electrons. The van der Waals surface area contributed by atoms with Gasteiger partial charge in [0.15, 0.2) is 9.84 Å². The zero-order chi connectivity index (χ0) is 20.1. The van der Waals surface area contributed by atoms with Crippen LogP contribution in [0, 0.1) is 0 Å². The number of carbonyl (C=O) groups excluding carboxylic acids is 1. The third-order valence-electron chi connectivity index (χ3n) is 4.83. The predicted molar refractivity (Wildman–Crippen MR) is 117 cm³/mol. The number of benzene rings is 1. The molecule has 7 heteroatoms. The molecule has 1 aromatic heterocycles. The third-order valence-corrected chi connectivity index (χ3v) is 7.93. The second-order valence-corrected chi connectivity index (χ2v) is 10.8. The van der Waals surface area contributed by atoms with Gasteiger partial charge >= 0.3 is 0 Å². The molecule has 1 unspecified atom stereocenters. The van der Waals surface area contributed by atoms with Crippen LogP contribution in [0.25, 0.3) is 16.5 Å². The van der Waals surface area contributed by atoms with Crippen molar-refractivity contribution in [3.63, 3.8) is 0 Å². The van der Waals surface area contributed by atoms with Crippen LogP contribution in [-0.4, -0.2) is 43.3 Å². The van der Waals surface area contributed by atoms with E-state index in [0.717, 1.165) is 28.2 Å². The average molecular weight is 438 g/mol. The van der Waals surface area contributed by atoms with E-state index in [1.165, 1.54) is 0 Å². The Labute approximate surface area is 175 Å². The highest BCUT2D eigenvalue weighted by Gasteiger charge is 2.33. The van der Waals surface area contributed by atoms with Gasteiger partial charge in [-0.25, -0.2) is 8.42 Å². The molecule has 1 aliphatic rings. The van der Waals surface area contributed by atoms with Crippen molar-refractivity contribution in [1.29, 1.82) is 0 Å². The minimum atomic E-state index is -3.02. The number of rotatable bonds is 7. The molecule has 0 N–H and O–H groups in total. The number of halogens is 1. The highest BCUT2D eigenvalue weighted by molar-refractivity contribution is 7.91. The van der Waals surface area contributed by atoms with Crippen LogP contribution in [0.3, 0.4) is 0 Å². The van der Waals surface area contributed by atoms with Gasteiger partial charge in [0.25, 0.3) is 0 Å². The van der Waals surface area contributed by atoms with Crippen molar-refractivity contribution in [2.24, 2.45) is 0 Å². The lowest BCUT2D eigenvalue weighted by atomic mass is 10.2. The molecule has 1 aliphatic heterocycles. The normalized spacial score (nSPS) is 18.6. The van der Waals surface area contributed by atoms with Crippen molar-refractivity contribution < 1.29 is 13.2 Å². The molecule has 0 saturated carbocycles. The summed E-state index contributed by atoms with van der Waals surface area (Å²) in [5.41, 5.74) is 1.08. The van der Waals surface area contributed by atoms with E-state index in [1.807, 2.05) is 42.5 Å². The van der Waals surface area contributed by atoms with E-state index in [1.54, 1.807) is 22.3 Å². The summed E-state index contributed by atoms with van der Waals surface area (Å²) in [5.74, 6) is 0.139. The molecule has 1 saturated heterocycles. The fourth-order valence-corrected chi connectivity index (χ4v) is 6.06. The lowest BCUT2D eigenvalue weighted by molar-refractivity contribution is -0.127. The topological polar surface area (TPSA) is 54.5 Å². The van der Waals surface area contributed by atoms with Crippen molar-refractivity contribution in [2.75, 3.05) is 18.1 Å². The van der Waals surface area contributed by atoms with Crippen molar-refractivity contribution >= 4 is 44.8 Å². The van der Waals surface area contributed by atoms with Crippen LogP contribution < -0.4 is 0 Å². The maximum atomic E-state index is 12.8. The molecule has 1 amide bonds. The van der Waals surface area contributed by atoms with Crippen LogP contribution in [0.2, 0.25) is 5.02 Å². The molecule has 2 aromatic rings. The van der Waals surface area contributed by atoms with Crippen molar-refractivity contribution in [1.82, 2.24) is 4.90 Å². The van der Waals surface area contributed by atoms with Crippen LogP contribution >= 0.6 is 22.9 Å². The number of unbranched alkanes of at least 4 members (excludes halogenated alkanes) is 1. The first-order chi connectivity index (χ1) is 13.4. The van der Waals surface area contributed by atoms with Gasteiger partial charge in [0.05, 0.1) is 11.5 Å². The Morgan fingerprint density at radius 2 is 2.00 bits per heavy atom. The second-order valence-electron chi connectivity index (χ2n) is 6.98. The van der Waals surface area contributed by atoms with E-state index in [0.29, 0.717) is 18.0 Å². The fraction of sp³-hybridized carbons (Fsp3) is 0.381. The van der Waals surface area contributed by atoms with Crippen molar-refractivity contribution in [2.45, 2.75) is 32.2 Å². The molecule has 4 nitrogen and oxygen atoms in total. The van der Waals surface area contributed by atoms with Gasteiger partial charge in [0, 0.05) is 33.4 Å². The van der Waals surface area contributed by atoms with Gasteiger partial charge in [0.2, 0.25) is 5.91 Å². The molecule has 0 spiro atoms. The molecule has 1 atom stereocenters. The Bertz CT molecular complexity index is 948. The smallest absolute Gasteiger partial charge is 0.246 e. The zero-order valence-corrected chi connectivity index (χ0v) is 18.2. The molecule has 0 bridgehead atoms. The number of amides is 1. The van der Waals surface area contributed by atoms with E-state index in [9.17, 15) is 13.2 Å². The first-order valence-electron chi connectivity index (χ1n) is 9.43. The minimum absolute atomic E-state index is 0.0794. The number of hydrogen-bond donors (Lipinski definition) is 0. The average Bonchev–Trinajstić information content (AvgIpc) is 3.27.